The minimum atomic E-state index is -4.32. The van der Waals surface area contributed by atoms with Crippen LogP contribution < -0.4 is 15.4 Å². The van der Waals surface area contributed by atoms with E-state index in [9.17, 15) is 13.2 Å². The van der Waals surface area contributed by atoms with Gasteiger partial charge >= 0.3 is 12.2 Å². The molecule has 1 aromatic rings. The first-order chi connectivity index (χ1) is 8.89. The van der Waals surface area contributed by atoms with E-state index in [1.54, 1.807) is 6.92 Å². The molecule has 1 fully saturated rings. The fourth-order valence-electron chi connectivity index (χ4n) is 1.63. The number of nitrogens with zero attached hydrogens (tertiary/aromatic N) is 4. The van der Waals surface area contributed by atoms with Gasteiger partial charge in [-0.1, -0.05) is 0 Å². The number of aromatic nitrogens is 3. The van der Waals surface area contributed by atoms with E-state index >= 15 is 0 Å². The molecular formula is C10H14F3N5O. The quantitative estimate of drug-likeness (QED) is 0.876. The lowest BCUT2D eigenvalue weighted by Crippen LogP contribution is -2.37. The number of alkyl halides is 3. The van der Waals surface area contributed by atoms with Crippen molar-refractivity contribution < 1.29 is 17.9 Å². The molecule has 106 valence electrons. The van der Waals surface area contributed by atoms with Crippen LogP contribution in [0.1, 0.15) is 19.8 Å². The topological polar surface area (TPSA) is 77.2 Å². The fraction of sp³-hybridized carbons (Fsp3) is 0.700. The highest BCUT2D eigenvalue weighted by Crippen LogP contribution is 2.33. The highest BCUT2D eigenvalue weighted by molar-refractivity contribution is 5.39. The van der Waals surface area contributed by atoms with E-state index in [4.69, 9.17) is 10.5 Å². The standard InChI is InChI=1S/C10H14F3N5O/c1-2-19-9-16-7(14)15-8(17-9)18(6-3-4-6)5-10(11,12)13/h6H,2-5H2,1H3,(H2,14,15,16,17). The molecule has 0 spiro atoms. The molecule has 0 aromatic carbocycles. The van der Waals surface area contributed by atoms with Crippen LogP contribution in [0, 0.1) is 0 Å². The second-order valence-electron chi connectivity index (χ2n) is 4.18. The van der Waals surface area contributed by atoms with Gasteiger partial charge in [0.1, 0.15) is 6.54 Å². The van der Waals surface area contributed by atoms with E-state index in [1.165, 1.54) is 0 Å². The van der Waals surface area contributed by atoms with E-state index in [1.807, 2.05) is 0 Å². The SMILES string of the molecule is CCOc1nc(N)nc(N(CC(F)(F)F)C2CC2)n1. The van der Waals surface area contributed by atoms with E-state index < -0.39 is 12.7 Å². The molecular weight excluding hydrogens is 263 g/mol. The van der Waals surface area contributed by atoms with Crippen molar-refractivity contribution in [1.82, 2.24) is 15.0 Å². The average molecular weight is 277 g/mol. The van der Waals surface area contributed by atoms with Gasteiger partial charge in [0, 0.05) is 6.04 Å². The number of ether oxygens (including phenoxy) is 1. The second kappa shape index (κ2) is 5.06. The largest absolute Gasteiger partial charge is 0.464 e. The Balaban J connectivity index is 2.25. The van der Waals surface area contributed by atoms with Gasteiger partial charge in [-0.3, -0.25) is 0 Å². The van der Waals surface area contributed by atoms with Crippen LogP contribution in [0.4, 0.5) is 25.1 Å². The summed E-state index contributed by atoms with van der Waals surface area (Å²) in [6, 6.07) is -0.254. The van der Waals surface area contributed by atoms with Crippen LogP contribution in [0.2, 0.25) is 0 Å². The van der Waals surface area contributed by atoms with Crippen molar-refractivity contribution in [1.29, 1.82) is 0 Å². The summed E-state index contributed by atoms with van der Waals surface area (Å²) in [5.41, 5.74) is 5.46. The van der Waals surface area contributed by atoms with Crippen molar-refractivity contribution in [3.63, 3.8) is 0 Å². The maximum absolute atomic E-state index is 12.6. The maximum atomic E-state index is 12.6. The lowest BCUT2D eigenvalue weighted by atomic mass is 10.5. The van der Waals surface area contributed by atoms with E-state index in [0.29, 0.717) is 19.4 Å². The van der Waals surface area contributed by atoms with Crippen LogP contribution in [0.5, 0.6) is 6.01 Å². The molecule has 0 saturated heterocycles. The molecule has 0 amide bonds. The van der Waals surface area contributed by atoms with Gasteiger partial charge in [0.2, 0.25) is 11.9 Å². The van der Waals surface area contributed by atoms with Crippen molar-refractivity contribution in [3.8, 4) is 6.01 Å². The van der Waals surface area contributed by atoms with Crippen molar-refractivity contribution in [2.45, 2.75) is 32.0 Å². The van der Waals surface area contributed by atoms with E-state index in [2.05, 4.69) is 15.0 Å². The third kappa shape index (κ3) is 3.83. The molecule has 0 bridgehead atoms. The van der Waals surface area contributed by atoms with Gasteiger partial charge < -0.3 is 15.4 Å². The van der Waals surface area contributed by atoms with Crippen molar-refractivity contribution in [2.75, 3.05) is 23.8 Å². The highest BCUT2D eigenvalue weighted by Gasteiger charge is 2.39. The van der Waals surface area contributed by atoms with Crippen LogP contribution in [-0.2, 0) is 0 Å². The van der Waals surface area contributed by atoms with Gasteiger partial charge in [0.25, 0.3) is 0 Å². The molecule has 6 nitrogen and oxygen atoms in total. The summed E-state index contributed by atoms with van der Waals surface area (Å²) in [5.74, 6) is -0.239. The van der Waals surface area contributed by atoms with Crippen molar-refractivity contribution in [3.05, 3.63) is 0 Å². The Morgan fingerprint density at radius 3 is 2.53 bits per heavy atom. The summed E-state index contributed by atoms with van der Waals surface area (Å²) >= 11 is 0. The number of rotatable bonds is 5. The number of nitrogen functional groups attached to an aromatic ring is 1. The molecule has 2 rings (SSSR count). The van der Waals surface area contributed by atoms with Gasteiger partial charge in [0.05, 0.1) is 6.61 Å². The molecule has 1 saturated carbocycles. The third-order valence-corrected chi connectivity index (χ3v) is 2.49. The first kappa shape index (κ1) is 13.6. The van der Waals surface area contributed by atoms with Gasteiger partial charge in [-0.25, -0.2) is 0 Å². The number of nitrogens with two attached hydrogens (primary N) is 1. The van der Waals surface area contributed by atoms with E-state index in [-0.39, 0.29) is 23.9 Å². The van der Waals surface area contributed by atoms with Crippen LogP contribution in [0.15, 0.2) is 0 Å². The monoisotopic (exact) mass is 277 g/mol. The van der Waals surface area contributed by atoms with E-state index in [0.717, 1.165) is 4.90 Å². The Morgan fingerprint density at radius 2 is 2.00 bits per heavy atom. The van der Waals surface area contributed by atoms with Crippen LogP contribution in [0.25, 0.3) is 0 Å². The molecule has 0 aliphatic heterocycles. The second-order valence-corrected chi connectivity index (χ2v) is 4.18. The average Bonchev–Trinajstić information content (AvgIpc) is 3.08. The maximum Gasteiger partial charge on any atom is 0.406 e. The Kier molecular flexibility index (Phi) is 3.63. The minimum absolute atomic E-state index is 0.0576. The number of hydrogen-bond acceptors (Lipinski definition) is 6. The fourth-order valence-corrected chi connectivity index (χ4v) is 1.63. The Labute approximate surface area is 107 Å². The van der Waals surface area contributed by atoms with Gasteiger partial charge in [0.15, 0.2) is 0 Å². The predicted molar refractivity (Wildman–Crippen MR) is 61.8 cm³/mol. The zero-order valence-electron chi connectivity index (χ0n) is 10.3. The number of anilines is 2. The molecule has 2 N–H and O–H groups in total. The first-order valence-electron chi connectivity index (χ1n) is 5.87. The summed E-state index contributed by atoms with van der Waals surface area (Å²) in [7, 11) is 0. The Morgan fingerprint density at radius 1 is 1.32 bits per heavy atom. The predicted octanol–water partition coefficient (Wildman–Crippen LogP) is 1.38. The molecule has 9 heteroatoms. The molecule has 1 heterocycles. The molecule has 0 unspecified atom stereocenters. The highest BCUT2D eigenvalue weighted by atomic mass is 19.4. The Bertz CT molecular complexity index is 449. The van der Waals surface area contributed by atoms with Gasteiger partial charge in [-0.05, 0) is 19.8 Å². The summed E-state index contributed by atoms with van der Waals surface area (Å²) in [6.07, 6.45) is -2.95. The lowest BCUT2D eigenvalue weighted by Gasteiger charge is -2.23. The van der Waals surface area contributed by atoms with Crippen molar-refractivity contribution in [2.24, 2.45) is 0 Å². The zero-order valence-corrected chi connectivity index (χ0v) is 10.3. The zero-order chi connectivity index (χ0) is 14.0. The van der Waals surface area contributed by atoms with Crippen molar-refractivity contribution >= 4 is 11.9 Å². The number of hydrogen-bond donors (Lipinski definition) is 1. The van der Waals surface area contributed by atoms with Crippen LogP contribution in [0.3, 0.4) is 0 Å². The van der Waals surface area contributed by atoms with Gasteiger partial charge in [-0.2, -0.15) is 28.1 Å². The Hall–Kier alpha value is -1.80. The van der Waals surface area contributed by atoms with Gasteiger partial charge in [-0.15, -0.1) is 0 Å². The molecule has 1 aliphatic carbocycles. The summed E-state index contributed by atoms with van der Waals surface area (Å²) in [6.45, 7) is 0.909. The minimum Gasteiger partial charge on any atom is -0.464 e. The summed E-state index contributed by atoms with van der Waals surface area (Å²) in [4.78, 5) is 12.4. The molecule has 0 radical (unpaired) electrons. The summed E-state index contributed by atoms with van der Waals surface area (Å²) in [5, 5.41) is 0. The lowest BCUT2D eigenvalue weighted by molar-refractivity contribution is -0.120. The summed E-state index contributed by atoms with van der Waals surface area (Å²) < 4.78 is 42.7. The first-order valence-corrected chi connectivity index (χ1v) is 5.87. The normalized spacial score (nSPS) is 15.4. The van der Waals surface area contributed by atoms with Crippen LogP contribution in [-0.4, -0.2) is 40.3 Å². The smallest absolute Gasteiger partial charge is 0.406 e. The number of halogens is 3. The molecule has 0 atom stereocenters. The molecule has 1 aromatic heterocycles. The third-order valence-electron chi connectivity index (χ3n) is 2.49. The molecule has 19 heavy (non-hydrogen) atoms. The molecule has 1 aliphatic rings. The van der Waals surface area contributed by atoms with Crippen LogP contribution >= 0.6 is 0 Å².